The fraction of sp³-hybridized carbons (Fsp3) is 0.548. The van der Waals surface area contributed by atoms with Gasteiger partial charge in [0.15, 0.2) is 0 Å². The first-order valence-electron chi connectivity index (χ1n) is 14.4. The molecule has 11 heteroatoms. The van der Waals surface area contributed by atoms with Crippen LogP contribution in [-0.2, 0) is 18.9 Å². The maximum atomic E-state index is 13.5. The van der Waals surface area contributed by atoms with E-state index in [9.17, 15) is 9.59 Å². The van der Waals surface area contributed by atoms with E-state index in [0.717, 1.165) is 38.0 Å². The van der Waals surface area contributed by atoms with Crippen LogP contribution in [0.25, 0.3) is 0 Å². The van der Waals surface area contributed by atoms with E-state index in [4.69, 9.17) is 30.5 Å². The summed E-state index contributed by atoms with van der Waals surface area (Å²) in [6, 6.07) is 12.9. The van der Waals surface area contributed by atoms with Crippen molar-refractivity contribution in [1.82, 2.24) is 16.0 Å². The topological polar surface area (TPSA) is 116 Å². The van der Waals surface area contributed by atoms with Crippen molar-refractivity contribution in [3.8, 4) is 5.75 Å². The van der Waals surface area contributed by atoms with Crippen LogP contribution in [0.3, 0.4) is 0 Å². The van der Waals surface area contributed by atoms with Gasteiger partial charge in [-0.15, -0.1) is 0 Å². The normalized spacial score (nSPS) is 16.3. The molecule has 232 valence electrons. The molecule has 0 aliphatic carbocycles. The van der Waals surface area contributed by atoms with Crippen LogP contribution in [-0.4, -0.2) is 85.4 Å². The molecule has 42 heavy (non-hydrogen) atoms. The first kappa shape index (κ1) is 33.6. The predicted molar refractivity (Wildman–Crippen MR) is 161 cm³/mol. The van der Waals surface area contributed by atoms with E-state index < -0.39 is 12.2 Å². The average molecular weight is 606 g/mol. The molecule has 0 bridgehead atoms. The average Bonchev–Trinajstić information content (AvgIpc) is 3.01. The van der Waals surface area contributed by atoms with Gasteiger partial charge in [0.1, 0.15) is 11.9 Å². The highest BCUT2D eigenvalue weighted by molar-refractivity contribution is 6.30. The van der Waals surface area contributed by atoms with Crippen molar-refractivity contribution in [2.24, 2.45) is 5.92 Å². The Morgan fingerprint density at radius 1 is 1.07 bits per heavy atom. The zero-order valence-electron chi connectivity index (χ0n) is 24.8. The molecule has 3 rings (SSSR count). The minimum Gasteiger partial charge on any atom is -0.493 e. The summed E-state index contributed by atoms with van der Waals surface area (Å²) in [6.07, 6.45) is 2.71. The maximum absolute atomic E-state index is 13.5. The molecule has 0 radical (unpaired) electrons. The number of halogens is 1. The summed E-state index contributed by atoms with van der Waals surface area (Å²) in [5.74, 6) is 0.810. The lowest BCUT2D eigenvalue weighted by Crippen LogP contribution is -2.41. The summed E-state index contributed by atoms with van der Waals surface area (Å²) < 4.78 is 27.7. The molecule has 1 heterocycles. The lowest BCUT2D eigenvalue weighted by molar-refractivity contribution is 0.0478. The number of carbonyl (C=O) groups excluding carboxylic acids is 2. The Kier molecular flexibility index (Phi) is 14.9. The van der Waals surface area contributed by atoms with Gasteiger partial charge in [0.05, 0.1) is 20.3 Å². The Balaban J connectivity index is 1.82. The van der Waals surface area contributed by atoms with Crippen LogP contribution in [0.2, 0.25) is 5.02 Å². The molecule has 1 saturated heterocycles. The van der Waals surface area contributed by atoms with Gasteiger partial charge >= 0.3 is 6.09 Å². The Labute approximate surface area is 253 Å². The molecule has 0 spiro atoms. The predicted octanol–water partition coefficient (Wildman–Crippen LogP) is 4.35. The number of likely N-dealkylation sites (N-methyl/N-ethyl adjacent to an activating group) is 1. The van der Waals surface area contributed by atoms with Crippen LogP contribution in [0.4, 0.5) is 4.79 Å². The molecule has 2 amide bonds. The quantitative estimate of drug-likeness (QED) is 0.228. The third kappa shape index (κ3) is 11.4. The van der Waals surface area contributed by atoms with Gasteiger partial charge in [-0.1, -0.05) is 23.7 Å². The van der Waals surface area contributed by atoms with E-state index in [1.807, 2.05) is 31.3 Å². The lowest BCUT2D eigenvalue weighted by Gasteiger charge is -2.26. The third-order valence-electron chi connectivity index (χ3n) is 7.04. The standard InChI is InChI=1S/C31H44ClN3O7/c1-33-27(15-22-7-5-12-40-21-22)20-35-30(36)25-16-24(18-28(19-25)41-13-6-11-38-2)29(23-8-4-9-26(32)17-23)42-14-10-34-31(37)39-3/h4,8-9,16-19,22,27,29,33H,5-7,10-15,20-21H2,1-3H3,(H,34,37)(H,35,36). The Bertz CT molecular complexity index is 1110. The number of carbonyl (C=O) groups is 2. The number of ether oxygens (including phenoxy) is 5. The minimum atomic E-state index is -0.575. The molecular formula is C31H44ClN3O7. The molecule has 1 aliphatic rings. The van der Waals surface area contributed by atoms with Crippen molar-refractivity contribution in [3.63, 3.8) is 0 Å². The summed E-state index contributed by atoms with van der Waals surface area (Å²) in [4.78, 5) is 25.0. The van der Waals surface area contributed by atoms with Gasteiger partial charge in [-0.3, -0.25) is 4.79 Å². The van der Waals surface area contributed by atoms with E-state index in [0.29, 0.717) is 54.0 Å². The number of amides is 2. The highest BCUT2D eigenvalue weighted by atomic mass is 35.5. The van der Waals surface area contributed by atoms with Gasteiger partial charge in [-0.2, -0.15) is 0 Å². The molecule has 10 nitrogen and oxygen atoms in total. The molecule has 0 aromatic heterocycles. The molecule has 2 aromatic rings. The summed E-state index contributed by atoms with van der Waals surface area (Å²) in [5, 5.41) is 9.59. The van der Waals surface area contributed by atoms with Gasteiger partial charge in [0.25, 0.3) is 5.91 Å². The van der Waals surface area contributed by atoms with E-state index in [2.05, 4.69) is 20.7 Å². The second-order valence-electron chi connectivity index (χ2n) is 10.2. The van der Waals surface area contributed by atoms with Gasteiger partial charge in [0.2, 0.25) is 0 Å². The van der Waals surface area contributed by atoms with Crippen molar-refractivity contribution in [3.05, 3.63) is 64.2 Å². The molecular weight excluding hydrogens is 562 g/mol. The molecule has 1 aliphatic heterocycles. The number of hydrogen-bond acceptors (Lipinski definition) is 8. The van der Waals surface area contributed by atoms with Crippen molar-refractivity contribution in [2.45, 2.75) is 37.8 Å². The third-order valence-corrected chi connectivity index (χ3v) is 7.27. The van der Waals surface area contributed by atoms with Crippen LogP contribution < -0.4 is 20.7 Å². The largest absolute Gasteiger partial charge is 0.493 e. The number of methoxy groups -OCH3 is 2. The Hall–Kier alpha value is -2.89. The van der Waals surface area contributed by atoms with E-state index in [1.165, 1.54) is 7.11 Å². The van der Waals surface area contributed by atoms with Gasteiger partial charge in [0, 0.05) is 63.1 Å². The molecule has 1 fully saturated rings. The zero-order chi connectivity index (χ0) is 30.2. The van der Waals surface area contributed by atoms with Crippen molar-refractivity contribution < 1.29 is 33.3 Å². The number of hydrogen-bond donors (Lipinski definition) is 3. The van der Waals surface area contributed by atoms with Crippen LogP contribution in [0.15, 0.2) is 42.5 Å². The van der Waals surface area contributed by atoms with E-state index >= 15 is 0 Å². The first-order valence-corrected chi connectivity index (χ1v) is 14.8. The summed E-state index contributed by atoms with van der Waals surface area (Å²) >= 11 is 6.32. The zero-order valence-corrected chi connectivity index (χ0v) is 25.5. The van der Waals surface area contributed by atoms with E-state index in [-0.39, 0.29) is 25.1 Å². The van der Waals surface area contributed by atoms with Gasteiger partial charge in [-0.25, -0.2) is 4.79 Å². The monoisotopic (exact) mass is 605 g/mol. The number of rotatable bonds is 17. The summed E-state index contributed by atoms with van der Waals surface area (Å²) in [5.41, 5.74) is 1.97. The SMILES string of the molecule is CNC(CNC(=O)c1cc(OCCCOC)cc(C(OCCNC(=O)OC)c2cccc(Cl)c2)c1)CC1CCCOC1. The highest BCUT2D eigenvalue weighted by Crippen LogP contribution is 2.31. The smallest absolute Gasteiger partial charge is 0.406 e. The fourth-order valence-electron chi connectivity index (χ4n) is 4.85. The van der Waals surface area contributed by atoms with Gasteiger partial charge < -0.3 is 39.6 Å². The second kappa shape index (κ2) is 18.6. The summed E-state index contributed by atoms with van der Waals surface area (Å²) in [6.45, 7) is 3.49. The van der Waals surface area contributed by atoms with Crippen LogP contribution in [0.1, 0.15) is 53.3 Å². The van der Waals surface area contributed by atoms with E-state index in [1.54, 1.807) is 25.3 Å². The van der Waals surface area contributed by atoms with Crippen molar-refractivity contribution >= 4 is 23.6 Å². The number of nitrogens with one attached hydrogen (secondary N) is 3. The number of alkyl carbamates (subject to hydrolysis) is 1. The summed E-state index contributed by atoms with van der Waals surface area (Å²) in [7, 11) is 4.86. The minimum absolute atomic E-state index is 0.124. The molecule has 3 unspecified atom stereocenters. The number of benzene rings is 2. The van der Waals surface area contributed by atoms with Crippen LogP contribution in [0, 0.1) is 5.92 Å². The Morgan fingerprint density at radius 3 is 2.64 bits per heavy atom. The van der Waals surface area contributed by atoms with Crippen molar-refractivity contribution in [1.29, 1.82) is 0 Å². The first-order chi connectivity index (χ1) is 20.4. The highest BCUT2D eigenvalue weighted by Gasteiger charge is 2.22. The van der Waals surface area contributed by atoms with Crippen molar-refractivity contribution in [2.75, 3.05) is 67.4 Å². The maximum Gasteiger partial charge on any atom is 0.406 e. The molecule has 0 saturated carbocycles. The second-order valence-corrected chi connectivity index (χ2v) is 10.7. The fourth-order valence-corrected chi connectivity index (χ4v) is 5.05. The molecule has 3 atom stereocenters. The van der Waals surface area contributed by atoms with Crippen LogP contribution >= 0.6 is 11.6 Å². The van der Waals surface area contributed by atoms with Crippen LogP contribution in [0.5, 0.6) is 5.75 Å². The molecule has 3 N–H and O–H groups in total. The molecule has 2 aromatic carbocycles. The van der Waals surface area contributed by atoms with Gasteiger partial charge in [-0.05, 0) is 73.7 Å². The Morgan fingerprint density at radius 2 is 1.93 bits per heavy atom. The lowest BCUT2D eigenvalue weighted by atomic mass is 9.94.